The lowest BCUT2D eigenvalue weighted by Crippen LogP contribution is -2.15. The molecular formula is C18H21NO5S. The number of anilines is 1. The second-order valence-corrected chi connectivity index (χ2v) is 7.44. The summed E-state index contributed by atoms with van der Waals surface area (Å²) in [5, 5.41) is 0. The quantitative estimate of drug-likeness (QED) is 0.796. The zero-order valence-electron chi connectivity index (χ0n) is 14.6. The van der Waals surface area contributed by atoms with Gasteiger partial charge in [0.25, 0.3) is 10.0 Å². The van der Waals surface area contributed by atoms with E-state index < -0.39 is 16.0 Å². The number of esters is 1. The topological polar surface area (TPSA) is 81.7 Å². The van der Waals surface area contributed by atoms with E-state index in [0.29, 0.717) is 11.3 Å². The first-order valence-corrected chi connectivity index (χ1v) is 9.20. The van der Waals surface area contributed by atoms with Gasteiger partial charge in [-0.2, -0.15) is 0 Å². The number of hydrogen-bond acceptors (Lipinski definition) is 5. The van der Waals surface area contributed by atoms with Gasteiger partial charge in [-0.05, 0) is 62.7 Å². The van der Waals surface area contributed by atoms with Gasteiger partial charge in [0, 0.05) is 5.69 Å². The van der Waals surface area contributed by atoms with Crippen molar-refractivity contribution in [2.75, 3.05) is 11.8 Å². The van der Waals surface area contributed by atoms with Crippen molar-refractivity contribution in [2.45, 2.75) is 31.8 Å². The van der Waals surface area contributed by atoms with E-state index in [1.165, 1.54) is 37.4 Å². The molecule has 0 aliphatic heterocycles. The Labute approximate surface area is 147 Å². The number of benzene rings is 2. The van der Waals surface area contributed by atoms with E-state index in [1.807, 2.05) is 0 Å². The Hall–Kier alpha value is -2.54. The summed E-state index contributed by atoms with van der Waals surface area (Å²) in [4.78, 5) is 11.9. The number of methoxy groups -OCH3 is 1. The Morgan fingerprint density at radius 3 is 2.28 bits per heavy atom. The molecule has 0 aliphatic carbocycles. The molecular weight excluding hydrogens is 342 g/mol. The molecule has 0 saturated heterocycles. The highest BCUT2D eigenvalue weighted by atomic mass is 32.2. The van der Waals surface area contributed by atoms with Gasteiger partial charge < -0.3 is 9.47 Å². The van der Waals surface area contributed by atoms with Crippen LogP contribution in [-0.2, 0) is 14.8 Å². The molecule has 0 atom stereocenters. The number of nitrogens with one attached hydrogen (secondary N) is 1. The van der Waals surface area contributed by atoms with Crippen molar-refractivity contribution in [3.05, 3.63) is 53.6 Å². The van der Waals surface area contributed by atoms with Crippen LogP contribution in [-0.4, -0.2) is 27.6 Å². The Kier molecular flexibility index (Phi) is 5.69. The van der Waals surface area contributed by atoms with Crippen LogP contribution in [0.4, 0.5) is 5.69 Å². The minimum Gasteiger partial charge on any atom is -0.495 e. The number of aryl methyl sites for hydroxylation is 1. The lowest BCUT2D eigenvalue weighted by molar-refractivity contribution is 0.0378. The Bertz CT molecular complexity index is 858. The van der Waals surface area contributed by atoms with Crippen molar-refractivity contribution in [1.82, 2.24) is 0 Å². The summed E-state index contributed by atoms with van der Waals surface area (Å²) in [5.74, 6) is -0.194. The molecule has 0 unspecified atom stereocenters. The number of carbonyl (C=O) groups excluding carboxylic acids is 1. The van der Waals surface area contributed by atoms with E-state index in [0.717, 1.165) is 5.56 Å². The maximum absolute atomic E-state index is 12.6. The lowest BCUT2D eigenvalue weighted by atomic mass is 10.2. The van der Waals surface area contributed by atoms with Gasteiger partial charge in [0.2, 0.25) is 0 Å². The fraction of sp³-hybridized carbons (Fsp3) is 0.278. The molecule has 2 aromatic rings. The van der Waals surface area contributed by atoms with Crippen molar-refractivity contribution < 1.29 is 22.7 Å². The van der Waals surface area contributed by atoms with Crippen LogP contribution in [0, 0.1) is 6.92 Å². The molecule has 0 radical (unpaired) electrons. The Morgan fingerprint density at radius 2 is 1.72 bits per heavy atom. The Morgan fingerprint density at radius 1 is 1.08 bits per heavy atom. The van der Waals surface area contributed by atoms with Crippen LogP contribution in [0.5, 0.6) is 5.75 Å². The van der Waals surface area contributed by atoms with Crippen LogP contribution in [0.15, 0.2) is 47.4 Å². The SMILES string of the molecule is COc1ccc(C)cc1S(=O)(=O)Nc1ccc(C(=O)OC(C)C)cc1. The highest BCUT2D eigenvalue weighted by Gasteiger charge is 2.20. The standard InChI is InChI=1S/C18H21NO5S/c1-12(2)24-18(20)14-6-8-15(9-7-14)19-25(21,22)17-11-13(3)5-10-16(17)23-4/h5-12,19H,1-4H3. The molecule has 0 saturated carbocycles. The fourth-order valence-corrected chi connectivity index (χ4v) is 3.47. The molecule has 7 heteroatoms. The van der Waals surface area contributed by atoms with Crippen LogP contribution in [0.3, 0.4) is 0 Å². The summed E-state index contributed by atoms with van der Waals surface area (Å²) in [6, 6.07) is 11.0. The molecule has 0 amide bonds. The maximum atomic E-state index is 12.6. The van der Waals surface area contributed by atoms with Crippen LogP contribution in [0.2, 0.25) is 0 Å². The highest BCUT2D eigenvalue weighted by Crippen LogP contribution is 2.27. The zero-order chi connectivity index (χ0) is 18.6. The smallest absolute Gasteiger partial charge is 0.338 e. The molecule has 0 bridgehead atoms. The van der Waals surface area contributed by atoms with E-state index in [1.54, 1.807) is 32.9 Å². The number of hydrogen-bond donors (Lipinski definition) is 1. The number of rotatable bonds is 6. The molecule has 6 nitrogen and oxygen atoms in total. The third-order valence-corrected chi connectivity index (χ3v) is 4.73. The maximum Gasteiger partial charge on any atom is 0.338 e. The molecule has 0 aromatic heterocycles. The molecule has 0 aliphatic rings. The number of sulfonamides is 1. The monoisotopic (exact) mass is 363 g/mol. The molecule has 0 spiro atoms. The highest BCUT2D eigenvalue weighted by molar-refractivity contribution is 7.92. The molecule has 25 heavy (non-hydrogen) atoms. The van der Waals surface area contributed by atoms with Crippen LogP contribution in [0.25, 0.3) is 0 Å². The van der Waals surface area contributed by atoms with Crippen LogP contribution < -0.4 is 9.46 Å². The minimum atomic E-state index is -3.82. The number of carbonyl (C=O) groups is 1. The summed E-state index contributed by atoms with van der Waals surface area (Å²) >= 11 is 0. The summed E-state index contributed by atoms with van der Waals surface area (Å²) in [6.45, 7) is 5.32. The van der Waals surface area contributed by atoms with Gasteiger partial charge in [-0.25, -0.2) is 13.2 Å². The van der Waals surface area contributed by atoms with Gasteiger partial charge >= 0.3 is 5.97 Å². The molecule has 2 aromatic carbocycles. The molecule has 0 fully saturated rings. The number of ether oxygens (including phenoxy) is 2. The average molecular weight is 363 g/mol. The van der Waals surface area contributed by atoms with Gasteiger partial charge in [-0.3, -0.25) is 4.72 Å². The Balaban J connectivity index is 2.24. The first kappa shape index (κ1) is 18.8. The van der Waals surface area contributed by atoms with Gasteiger partial charge in [-0.15, -0.1) is 0 Å². The van der Waals surface area contributed by atoms with Gasteiger partial charge in [0.15, 0.2) is 0 Å². The van der Waals surface area contributed by atoms with Crippen molar-refractivity contribution in [3.8, 4) is 5.75 Å². The molecule has 1 N–H and O–H groups in total. The van der Waals surface area contributed by atoms with Crippen molar-refractivity contribution in [3.63, 3.8) is 0 Å². The molecule has 134 valence electrons. The van der Waals surface area contributed by atoms with E-state index in [4.69, 9.17) is 9.47 Å². The molecule has 0 heterocycles. The zero-order valence-corrected chi connectivity index (χ0v) is 15.4. The summed E-state index contributed by atoms with van der Waals surface area (Å²) in [6.07, 6.45) is -0.223. The van der Waals surface area contributed by atoms with Crippen LogP contribution >= 0.6 is 0 Å². The fourth-order valence-electron chi connectivity index (χ4n) is 2.16. The van der Waals surface area contributed by atoms with Gasteiger partial charge in [0.1, 0.15) is 10.6 Å². The molecule has 2 rings (SSSR count). The average Bonchev–Trinajstić information content (AvgIpc) is 2.54. The van der Waals surface area contributed by atoms with Crippen molar-refractivity contribution in [1.29, 1.82) is 0 Å². The largest absolute Gasteiger partial charge is 0.495 e. The summed E-state index contributed by atoms with van der Waals surface area (Å²) in [5.41, 5.74) is 1.49. The van der Waals surface area contributed by atoms with E-state index in [-0.39, 0.29) is 16.7 Å². The third-order valence-electron chi connectivity index (χ3n) is 3.32. The van der Waals surface area contributed by atoms with Gasteiger partial charge in [0.05, 0.1) is 18.8 Å². The second-order valence-electron chi connectivity index (χ2n) is 5.79. The van der Waals surface area contributed by atoms with Crippen molar-refractivity contribution in [2.24, 2.45) is 0 Å². The second kappa shape index (κ2) is 7.57. The minimum absolute atomic E-state index is 0.0540. The predicted octanol–water partition coefficient (Wildman–Crippen LogP) is 3.37. The lowest BCUT2D eigenvalue weighted by Gasteiger charge is -2.13. The normalized spacial score (nSPS) is 11.2. The van der Waals surface area contributed by atoms with E-state index in [2.05, 4.69) is 4.72 Å². The van der Waals surface area contributed by atoms with Crippen LogP contribution in [0.1, 0.15) is 29.8 Å². The first-order chi connectivity index (χ1) is 11.7. The summed E-state index contributed by atoms with van der Waals surface area (Å²) < 4.78 is 37.9. The first-order valence-electron chi connectivity index (χ1n) is 7.71. The predicted molar refractivity (Wildman–Crippen MR) is 95.5 cm³/mol. The van der Waals surface area contributed by atoms with E-state index in [9.17, 15) is 13.2 Å². The van der Waals surface area contributed by atoms with Crippen molar-refractivity contribution >= 4 is 21.7 Å². The third kappa shape index (κ3) is 4.73. The summed E-state index contributed by atoms with van der Waals surface area (Å²) in [7, 11) is -2.41. The van der Waals surface area contributed by atoms with E-state index >= 15 is 0 Å². The van der Waals surface area contributed by atoms with Gasteiger partial charge in [-0.1, -0.05) is 6.07 Å².